The van der Waals surface area contributed by atoms with Crippen LogP contribution in [-0.4, -0.2) is 41.0 Å². The van der Waals surface area contributed by atoms with Gasteiger partial charge in [-0.25, -0.2) is 9.97 Å². The maximum Gasteiger partial charge on any atom is 0.242 e. The predicted octanol–water partition coefficient (Wildman–Crippen LogP) is 2.75. The molecular formula is C21H25N5O2. The van der Waals surface area contributed by atoms with Gasteiger partial charge in [0.2, 0.25) is 11.7 Å². The van der Waals surface area contributed by atoms with E-state index < -0.39 is 0 Å². The number of hydrogen-bond donors (Lipinski definition) is 0. The van der Waals surface area contributed by atoms with E-state index in [9.17, 15) is 10.1 Å². The van der Waals surface area contributed by atoms with Crippen LogP contribution in [0.4, 0.5) is 5.82 Å². The van der Waals surface area contributed by atoms with E-state index in [0.717, 1.165) is 16.9 Å². The lowest BCUT2D eigenvalue weighted by Crippen LogP contribution is -2.40. The van der Waals surface area contributed by atoms with Gasteiger partial charge in [-0.15, -0.1) is 0 Å². The Balaban J connectivity index is 1.91. The molecule has 1 aliphatic heterocycles. The number of amides is 1. The number of carbonyl (C=O) groups is 1. The van der Waals surface area contributed by atoms with E-state index >= 15 is 0 Å². The smallest absolute Gasteiger partial charge is 0.242 e. The van der Waals surface area contributed by atoms with Crippen molar-refractivity contribution in [3.63, 3.8) is 0 Å². The second kappa shape index (κ2) is 7.85. The molecule has 0 saturated heterocycles. The summed E-state index contributed by atoms with van der Waals surface area (Å²) in [5.41, 5.74) is 1.85. The Bertz CT molecular complexity index is 896. The summed E-state index contributed by atoms with van der Waals surface area (Å²) < 4.78 is 5.20. The molecule has 0 radical (unpaired) electrons. The highest BCUT2D eigenvalue weighted by atomic mass is 16.5. The maximum absolute atomic E-state index is 13.0. The second-order valence-corrected chi connectivity index (χ2v) is 8.17. The largest absolute Gasteiger partial charge is 0.497 e. The first kappa shape index (κ1) is 19.6. The Labute approximate surface area is 165 Å². The number of carbonyl (C=O) groups excluding carboxylic acids is 1. The zero-order valence-corrected chi connectivity index (χ0v) is 16.8. The van der Waals surface area contributed by atoms with Crippen molar-refractivity contribution < 1.29 is 9.53 Å². The predicted molar refractivity (Wildman–Crippen MR) is 106 cm³/mol. The lowest BCUT2D eigenvalue weighted by Gasteiger charge is -2.30. The highest BCUT2D eigenvalue weighted by Crippen LogP contribution is 2.27. The summed E-state index contributed by atoms with van der Waals surface area (Å²) in [4.78, 5) is 25.3. The number of nitrogens with zero attached hydrogens (tertiary/aromatic N) is 5. The van der Waals surface area contributed by atoms with Gasteiger partial charge >= 0.3 is 0 Å². The third-order valence-corrected chi connectivity index (χ3v) is 4.48. The van der Waals surface area contributed by atoms with E-state index in [1.54, 1.807) is 18.2 Å². The van der Waals surface area contributed by atoms with Gasteiger partial charge in [0.15, 0.2) is 0 Å². The van der Waals surface area contributed by atoms with Crippen molar-refractivity contribution in [3.05, 3.63) is 47.4 Å². The molecule has 3 rings (SSSR count). The zero-order valence-electron chi connectivity index (χ0n) is 16.8. The molecule has 1 amide bonds. The number of aromatic nitrogens is 2. The van der Waals surface area contributed by atoms with Crippen LogP contribution in [-0.2, 0) is 17.9 Å². The number of methoxy groups -OCH3 is 1. The van der Waals surface area contributed by atoms with E-state index in [4.69, 9.17) is 4.74 Å². The summed E-state index contributed by atoms with van der Waals surface area (Å²) in [6, 6.07) is 9.69. The van der Waals surface area contributed by atoms with Gasteiger partial charge in [-0.3, -0.25) is 4.79 Å². The molecule has 0 unspecified atom stereocenters. The molecule has 1 aromatic heterocycles. The highest BCUT2D eigenvalue weighted by Gasteiger charge is 2.29. The minimum atomic E-state index is -0.0273. The van der Waals surface area contributed by atoms with Gasteiger partial charge in [-0.2, -0.15) is 5.26 Å². The molecule has 1 aromatic carbocycles. The van der Waals surface area contributed by atoms with Crippen molar-refractivity contribution in [2.45, 2.75) is 33.9 Å². The Morgan fingerprint density at radius 2 is 1.89 bits per heavy atom. The monoisotopic (exact) mass is 379 g/mol. The molecule has 0 N–H and O–H groups in total. The molecule has 0 fully saturated rings. The van der Waals surface area contributed by atoms with Crippen molar-refractivity contribution >= 4 is 11.7 Å². The maximum atomic E-state index is 13.0. The van der Waals surface area contributed by atoms with Gasteiger partial charge < -0.3 is 14.5 Å². The summed E-state index contributed by atoms with van der Waals surface area (Å²) in [5, 5.41) is 9.19. The van der Waals surface area contributed by atoms with E-state index in [-0.39, 0.29) is 23.7 Å². The first-order chi connectivity index (χ1) is 13.3. The standard InChI is InChI=1S/C21H25N5O2/c1-21(2,3)14-26-13-19(27)25(11-15-5-7-17(28-4)8-6-15)12-16-10-23-18(9-22)24-20(16)26/h5-8,10H,11-14H2,1-4H3. The molecule has 0 bridgehead atoms. The fourth-order valence-electron chi connectivity index (χ4n) is 3.27. The van der Waals surface area contributed by atoms with E-state index in [1.807, 2.05) is 35.2 Å². The van der Waals surface area contributed by atoms with Gasteiger partial charge in [0.05, 0.1) is 20.2 Å². The van der Waals surface area contributed by atoms with Crippen LogP contribution in [0, 0.1) is 16.7 Å². The van der Waals surface area contributed by atoms with E-state index in [2.05, 4.69) is 30.7 Å². The van der Waals surface area contributed by atoms with Crippen LogP contribution in [0.15, 0.2) is 30.5 Å². The van der Waals surface area contributed by atoms with Crippen LogP contribution in [0.3, 0.4) is 0 Å². The lowest BCUT2D eigenvalue weighted by molar-refractivity contribution is -0.130. The highest BCUT2D eigenvalue weighted by molar-refractivity contribution is 5.83. The first-order valence-corrected chi connectivity index (χ1v) is 9.21. The SMILES string of the molecule is COc1ccc(CN2Cc3cnc(C#N)nc3N(CC(C)(C)C)CC2=O)cc1. The third-order valence-electron chi connectivity index (χ3n) is 4.48. The first-order valence-electron chi connectivity index (χ1n) is 9.21. The second-order valence-electron chi connectivity index (χ2n) is 8.17. The zero-order chi connectivity index (χ0) is 20.3. The molecule has 7 heteroatoms. The number of ether oxygens (including phenoxy) is 1. The molecule has 2 heterocycles. The summed E-state index contributed by atoms with van der Waals surface area (Å²) >= 11 is 0. The molecule has 2 aromatic rings. The van der Waals surface area contributed by atoms with Crippen molar-refractivity contribution in [1.29, 1.82) is 5.26 Å². The van der Waals surface area contributed by atoms with Gasteiger partial charge in [0.1, 0.15) is 17.6 Å². The minimum absolute atomic E-state index is 0.0246. The summed E-state index contributed by atoms with van der Waals surface area (Å²) in [6.45, 7) is 8.13. The number of fused-ring (bicyclic) bond motifs is 1. The molecule has 0 atom stereocenters. The van der Waals surface area contributed by atoms with Crippen molar-refractivity contribution in [1.82, 2.24) is 14.9 Å². The molecule has 0 aliphatic carbocycles. The molecule has 1 aliphatic rings. The Kier molecular flexibility index (Phi) is 5.50. The minimum Gasteiger partial charge on any atom is -0.497 e. The van der Waals surface area contributed by atoms with Crippen LogP contribution < -0.4 is 9.64 Å². The van der Waals surface area contributed by atoms with Crippen LogP contribution in [0.5, 0.6) is 5.75 Å². The molecular weight excluding hydrogens is 354 g/mol. The molecule has 0 saturated carbocycles. The van der Waals surface area contributed by atoms with Gasteiger partial charge in [0.25, 0.3) is 0 Å². The number of rotatable bonds is 4. The fraction of sp³-hybridized carbons (Fsp3) is 0.429. The summed E-state index contributed by atoms with van der Waals surface area (Å²) in [5.74, 6) is 1.60. The number of anilines is 1. The van der Waals surface area contributed by atoms with E-state index in [0.29, 0.717) is 25.5 Å². The molecule has 28 heavy (non-hydrogen) atoms. The normalized spacial score (nSPS) is 14.3. The summed E-state index contributed by atoms with van der Waals surface area (Å²) in [6.07, 6.45) is 1.66. The van der Waals surface area contributed by atoms with Crippen LogP contribution in [0.1, 0.15) is 37.7 Å². The number of benzene rings is 1. The van der Waals surface area contributed by atoms with Crippen LogP contribution in [0.25, 0.3) is 0 Å². The van der Waals surface area contributed by atoms with Gasteiger partial charge in [-0.05, 0) is 23.1 Å². The summed E-state index contributed by atoms with van der Waals surface area (Å²) in [7, 11) is 1.63. The Morgan fingerprint density at radius 1 is 1.18 bits per heavy atom. The average Bonchev–Trinajstić information content (AvgIpc) is 2.77. The number of nitriles is 1. The van der Waals surface area contributed by atoms with E-state index in [1.165, 1.54) is 0 Å². The van der Waals surface area contributed by atoms with Crippen molar-refractivity contribution in [2.24, 2.45) is 5.41 Å². The Morgan fingerprint density at radius 3 is 2.50 bits per heavy atom. The molecule has 7 nitrogen and oxygen atoms in total. The topological polar surface area (TPSA) is 82.3 Å². The van der Waals surface area contributed by atoms with Crippen molar-refractivity contribution in [2.75, 3.05) is 25.1 Å². The van der Waals surface area contributed by atoms with Gasteiger partial charge in [0, 0.05) is 24.8 Å². The number of hydrogen-bond acceptors (Lipinski definition) is 6. The van der Waals surface area contributed by atoms with Gasteiger partial charge in [-0.1, -0.05) is 32.9 Å². The Hall–Kier alpha value is -3.14. The quantitative estimate of drug-likeness (QED) is 0.812. The average molecular weight is 379 g/mol. The lowest BCUT2D eigenvalue weighted by atomic mass is 9.96. The third kappa shape index (κ3) is 4.58. The van der Waals surface area contributed by atoms with Crippen LogP contribution in [0.2, 0.25) is 0 Å². The van der Waals surface area contributed by atoms with Crippen LogP contribution >= 0.6 is 0 Å². The molecule has 0 spiro atoms. The van der Waals surface area contributed by atoms with Crippen molar-refractivity contribution in [3.8, 4) is 11.8 Å². The molecule has 146 valence electrons. The fourth-order valence-corrected chi connectivity index (χ4v) is 3.27.